The van der Waals surface area contributed by atoms with Gasteiger partial charge in [0.15, 0.2) is 5.13 Å². The number of nitrogens with zero attached hydrogens (tertiary/aromatic N) is 1. The van der Waals surface area contributed by atoms with Crippen molar-refractivity contribution in [2.24, 2.45) is 0 Å². The molecule has 5 heteroatoms. The van der Waals surface area contributed by atoms with Gasteiger partial charge in [0.05, 0.1) is 30.8 Å². The van der Waals surface area contributed by atoms with E-state index in [4.69, 9.17) is 9.47 Å². The lowest BCUT2D eigenvalue weighted by atomic mass is 10.5. The van der Waals surface area contributed by atoms with Gasteiger partial charge in [0, 0.05) is 12.7 Å². The fraction of sp³-hybridized carbons (Fsp3) is 0.750. The highest BCUT2D eigenvalue weighted by molar-refractivity contribution is 7.15. The van der Waals surface area contributed by atoms with Crippen LogP contribution in [-0.4, -0.2) is 30.8 Å². The average Bonchev–Trinajstić information content (AvgIpc) is 2.73. The van der Waals surface area contributed by atoms with Crippen LogP contribution in [0.1, 0.15) is 32.1 Å². The summed E-state index contributed by atoms with van der Waals surface area (Å²) in [7, 11) is 0. The van der Waals surface area contributed by atoms with Crippen molar-refractivity contribution in [2.45, 2.75) is 39.9 Å². The first kappa shape index (κ1) is 14.4. The lowest BCUT2D eigenvalue weighted by molar-refractivity contribution is 0.0149. The quantitative estimate of drug-likeness (QED) is 0.692. The Kier molecular flexibility index (Phi) is 7.16. The highest BCUT2D eigenvalue weighted by Gasteiger charge is 2.01. The Morgan fingerprint density at radius 2 is 2.24 bits per heavy atom. The van der Waals surface area contributed by atoms with E-state index in [0.717, 1.165) is 23.0 Å². The molecule has 0 aliphatic carbocycles. The van der Waals surface area contributed by atoms with Gasteiger partial charge >= 0.3 is 0 Å². The van der Waals surface area contributed by atoms with Crippen LogP contribution in [0.15, 0.2) is 6.20 Å². The molecule has 1 aromatic heterocycles. The largest absolute Gasteiger partial charge is 0.376 e. The predicted octanol–water partition coefficient (Wildman–Crippen LogP) is 2.91. The van der Waals surface area contributed by atoms with E-state index in [1.807, 2.05) is 20.0 Å². The van der Waals surface area contributed by atoms with Crippen LogP contribution in [0.4, 0.5) is 5.13 Å². The summed E-state index contributed by atoms with van der Waals surface area (Å²) in [5.74, 6) is 0. The normalized spacial score (nSPS) is 11.1. The molecule has 17 heavy (non-hydrogen) atoms. The molecule has 0 aromatic carbocycles. The van der Waals surface area contributed by atoms with E-state index in [-0.39, 0.29) is 6.10 Å². The Hall–Kier alpha value is -0.650. The summed E-state index contributed by atoms with van der Waals surface area (Å²) in [6.07, 6.45) is 3.25. The number of thiazole rings is 1. The number of nitrogens with one attached hydrogen (secondary N) is 1. The van der Waals surface area contributed by atoms with Crippen molar-refractivity contribution in [3.63, 3.8) is 0 Å². The van der Waals surface area contributed by atoms with Crippen molar-refractivity contribution in [3.05, 3.63) is 11.1 Å². The fourth-order valence-corrected chi connectivity index (χ4v) is 1.98. The lowest BCUT2D eigenvalue weighted by Gasteiger charge is -2.07. The summed E-state index contributed by atoms with van der Waals surface area (Å²) in [5.41, 5.74) is 0. The smallest absolute Gasteiger partial charge is 0.182 e. The zero-order valence-corrected chi connectivity index (χ0v) is 11.7. The zero-order valence-electron chi connectivity index (χ0n) is 10.9. The van der Waals surface area contributed by atoms with Gasteiger partial charge in [-0.05, 0) is 20.3 Å². The second-order valence-corrected chi connectivity index (χ2v) is 5.15. The summed E-state index contributed by atoms with van der Waals surface area (Å²) in [6.45, 7) is 9.05. The van der Waals surface area contributed by atoms with Crippen molar-refractivity contribution >= 4 is 16.5 Å². The fourth-order valence-electron chi connectivity index (χ4n) is 1.20. The van der Waals surface area contributed by atoms with E-state index in [1.165, 1.54) is 0 Å². The van der Waals surface area contributed by atoms with Crippen LogP contribution in [0.25, 0.3) is 0 Å². The van der Waals surface area contributed by atoms with Crippen LogP contribution < -0.4 is 5.32 Å². The maximum absolute atomic E-state index is 5.51. The molecule has 0 bridgehead atoms. The van der Waals surface area contributed by atoms with Crippen molar-refractivity contribution in [1.29, 1.82) is 0 Å². The van der Waals surface area contributed by atoms with E-state index in [9.17, 15) is 0 Å². The second-order valence-electron chi connectivity index (χ2n) is 4.03. The van der Waals surface area contributed by atoms with E-state index < -0.39 is 0 Å². The summed E-state index contributed by atoms with van der Waals surface area (Å²) >= 11 is 1.65. The molecule has 0 aliphatic heterocycles. The van der Waals surface area contributed by atoms with Crippen LogP contribution in [0.3, 0.4) is 0 Å². The van der Waals surface area contributed by atoms with Crippen LogP contribution in [-0.2, 0) is 16.1 Å². The maximum Gasteiger partial charge on any atom is 0.182 e. The van der Waals surface area contributed by atoms with E-state index in [1.54, 1.807) is 11.3 Å². The Morgan fingerprint density at radius 1 is 1.41 bits per heavy atom. The predicted molar refractivity (Wildman–Crippen MR) is 71.6 cm³/mol. The first-order chi connectivity index (χ1) is 8.22. The van der Waals surface area contributed by atoms with Crippen molar-refractivity contribution in [3.8, 4) is 0 Å². The minimum Gasteiger partial charge on any atom is -0.376 e. The summed E-state index contributed by atoms with van der Waals surface area (Å²) in [5, 5.41) is 4.23. The standard InChI is InChI=1S/C12H22N2O2S/c1-4-5-13-12-14-8-11(17-12)9-15-6-7-16-10(2)3/h8,10H,4-7,9H2,1-3H3,(H,13,14). The number of anilines is 1. The monoisotopic (exact) mass is 258 g/mol. The molecule has 1 N–H and O–H groups in total. The number of rotatable bonds is 9. The van der Waals surface area contributed by atoms with E-state index in [0.29, 0.717) is 19.8 Å². The van der Waals surface area contributed by atoms with Gasteiger partial charge < -0.3 is 14.8 Å². The van der Waals surface area contributed by atoms with Crippen molar-refractivity contribution in [1.82, 2.24) is 4.98 Å². The lowest BCUT2D eigenvalue weighted by Crippen LogP contribution is -2.09. The molecule has 1 aromatic rings. The molecule has 0 atom stereocenters. The SMILES string of the molecule is CCCNc1ncc(COCCOC(C)C)s1. The van der Waals surface area contributed by atoms with Crippen LogP contribution >= 0.6 is 11.3 Å². The molecule has 98 valence electrons. The summed E-state index contributed by atoms with van der Waals surface area (Å²) < 4.78 is 10.9. The molecule has 1 rings (SSSR count). The number of aromatic nitrogens is 1. The zero-order chi connectivity index (χ0) is 12.5. The van der Waals surface area contributed by atoms with E-state index >= 15 is 0 Å². The summed E-state index contributed by atoms with van der Waals surface area (Å²) in [4.78, 5) is 5.42. The third kappa shape index (κ3) is 6.61. The molecule has 0 radical (unpaired) electrons. The molecule has 0 aliphatic rings. The Bertz CT molecular complexity index is 302. The molecule has 0 spiro atoms. The maximum atomic E-state index is 5.51. The molecule has 0 saturated carbocycles. The highest BCUT2D eigenvalue weighted by atomic mass is 32.1. The van der Waals surface area contributed by atoms with E-state index in [2.05, 4.69) is 17.2 Å². The molecule has 0 amide bonds. The molecule has 4 nitrogen and oxygen atoms in total. The minimum atomic E-state index is 0.270. The Balaban J connectivity index is 2.12. The van der Waals surface area contributed by atoms with Crippen LogP contribution in [0.5, 0.6) is 0 Å². The van der Waals surface area contributed by atoms with Gasteiger partial charge in [0.1, 0.15) is 0 Å². The van der Waals surface area contributed by atoms with Crippen LogP contribution in [0.2, 0.25) is 0 Å². The van der Waals surface area contributed by atoms with Gasteiger partial charge in [-0.15, -0.1) is 0 Å². The Morgan fingerprint density at radius 3 is 2.94 bits per heavy atom. The van der Waals surface area contributed by atoms with Gasteiger partial charge in [-0.2, -0.15) is 0 Å². The van der Waals surface area contributed by atoms with Crippen molar-refractivity contribution in [2.75, 3.05) is 25.1 Å². The third-order valence-corrected chi connectivity index (χ3v) is 2.93. The molecular weight excluding hydrogens is 236 g/mol. The minimum absolute atomic E-state index is 0.270. The molecule has 1 heterocycles. The average molecular weight is 258 g/mol. The molecular formula is C12H22N2O2S. The molecule has 0 saturated heterocycles. The van der Waals surface area contributed by atoms with Gasteiger partial charge in [0.25, 0.3) is 0 Å². The summed E-state index contributed by atoms with van der Waals surface area (Å²) in [6, 6.07) is 0. The first-order valence-electron chi connectivity index (χ1n) is 6.10. The molecule has 0 unspecified atom stereocenters. The van der Waals surface area contributed by atoms with Gasteiger partial charge in [-0.1, -0.05) is 18.3 Å². The molecule has 0 fully saturated rings. The first-order valence-corrected chi connectivity index (χ1v) is 6.92. The van der Waals surface area contributed by atoms with Gasteiger partial charge in [-0.3, -0.25) is 0 Å². The number of hydrogen-bond donors (Lipinski definition) is 1. The highest BCUT2D eigenvalue weighted by Crippen LogP contribution is 2.18. The van der Waals surface area contributed by atoms with Gasteiger partial charge in [-0.25, -0.2) is 4.98 Å². The second kappa shape index (κ2) is 8.44. The number of ether oxygens (including phenoxy) is 2. The number of hydrogen-bond acceptors (Lipinski definition) is 5. The van der Waals surface area contributed by atoms with Crippen molar-refractivity contribution < 1.29 is 9.47 Å². The third-order valence-electron chi connectivity index (χ3n) is 2.00. The Labute approximate surface area is 107 Å². The topological polar surface area (TPSA) is 43.4 Å². The van der Waals surface area contributed by atoms with Crippen LogP contribution in [0, 0.1) is 0 Å². The van der Waals surface area contributed by atoms with Gasteiger partial charge in [0.2, 0.25) is 0 Å².